The van der Waals surface area contributed by atoms with Gasteiger partial charge in [-0.15, -0.1) is 0 Å². The minimum absolute atomic E-state index is 0.0116. The lowest BCUT2D eigenvalue weighted by atomic mass is 10.0. The van der Waals surface area contributed by atoms with Crippen molar-refractivity contribution in [3.8, 4) is 22.4 Å². The van der Waals surface area contributed by atoms with E-state index >= 15 is 0 Å². The summed E-state index contributed by atoms with van der Waals surface area (Å²) >= 11 is 0. The fraction of sp³-hybridized carbons (Fsp3) is 0.211. The summed E-state index contributed by atoms with van der Waals surface area (Å²) in [6.07, 6.45) is 0. The first-order valence-electron chi connectivity index (χ1n) is 7.45. The van der Waals surface area contributed by atoms with Crippen molar-refractivity contribution in [1.29, 1.82) is 0 Å². The zero-order chi connectivity index (χ0) is 15.7. The molecule has 0 aliphatic heterocycles. The Morgan fingerprint density at radius 1 is 0.818 bits per heavy atom. The molecule has 0 aliphatic rings. The Labute approximate surface area is 130 Å². The van der Waals surface area contributed by atoms with Gasteiger partial charge in [0.25, 0.3) is 5.56 Å². The second kappa shape index (κ2) is 5.34. The van der Waals surface area contributed by atoms with Gasteiger partial charge in [-0.05, 0) is 26.3 Å². The normalized spacial score (nSPS) is 11.6. The molecule has 3 rings (SSSR count). The van der Waals surface area contributed by atoms with E-state index in [0.29, 0.717) is 0 Å². The summed E-state index contributed by atoms with van der Waals surface area (Å²) in [7, 11) is 0. The van der Waals surface area contributed by atoms with Crippen LogP contribution in [-0.4, -0.2) is 9.78 Å². The van der Waals surface area contributed by atoms with E-state index < -0.39 is 0 Å². The molecular weight excluding hydrogens is 272 g/mol. The highest BCUT2D eigenvalue weighted by Crippen LogP contribution is 2.29. The molecule has 0 fully saturated rings. The molecule has 0 spiro atoms. The van der Waals surface area contributed by atoms with E-state index in [-0.39, 0.29) is 11.1 Å². The standard InChI is InChI=1S/C19H20N2O/c1-19(2,3)21-18(22)16(14-10-6-4-7-11-14)17(20-21)15-12-8-5-9-13-15/h4-13,20H,1-3H3. The second-order valence-electron chi connectivity index (χ2n) is 6.41. The summed E-state index contributed by atoms with van der Waals surface area (Å²) in [5.74, 6) is 0. The number of aromatic nitrogens is 2. The zero-order valence-electron chi connectivity index (χ0n) is 13.1. The Bertz CT molecular complexity index is 821. The van der Waals surface area contributed by atoms with Crippen molar-refractivity contribution >= 4 is 0 Å². The average molecular weight is 292 g/mol. The molecule has 0 radical (unpaired) electrons. The molecule has 2 aromatic carbocycles. The summed E-state index contributed by atoms with van der Waals surface area (Å²) in [5.41, 5.74) is 3.26. The number of H-pyrrole nitrogens is 1. The molecule has 1 aromatic heterocycles. The molecule has 3 aromatic rings. The molecule has 0 bridgehead atoms. The highest BCUT2D eigenvalue weighted by atomic mass is 16.1. The van der Waals surface area contributed by atoms with Crippen molar-refractivity contribution < 1.29 is 0 Å². The van der Waals surface area contributed by atoms with E-state index in [9.17, 15) is 4.79 Å². The summed E-state index contributed by atoms with van der Waals surface area (Å²) in [4.78, 5) is 12.9. The third-order valence-corrected chi connectivity index (χ3v) is 3.69. The number of benzene rings is 2. The summed E-state index contributed by atoms with van der Waals surface area (Å²) < 4.78 is 1.71. The summed E-state index contributed by atoms with van der Waals surface area (Å²) in [6, 6.07) is 19.8. The van der Waals surface area contributed by atoms with Gasteiger partial charge in [-0.25, -0.2) is 4.68 Å². The Morgan fingerprint density at radius 3 is 1.82 bits per heavy atom. The van der Waals surface area contributed by atoms with Crippen molar-refractivity contribution in [2.75, 3.05) is 0 Å². The van der Waals surface area contributed by atoms with Crippen LogP contribution in [0.2, 0.25) is 0 Å². The molecule has 3 nitrogen and oxygen atoms in total. The van der Waals surface area contributed by atoms with Crippen molar-refractivity contribution in [2.24, 2.45) is 0 Å². The molecule has 112 valence electrons. The van der Waals surface area contributed by atoms with Gasteiger partial charge in [0, 0.05) is 5.56 Å². The van der Waals surface area contributed by atoms with Crippen LogP contribution in [0.4, 0.5) is 0 Å². The second-order valence-corrected chi connectivity index (χ2v) is 6.41. The fourth-order valence-electron chi connectivity index (χ4n) is 2.60. The number of hydrogen-bond acceptors (Lipinski definition) is 1. The van der Waals surface area contributed by atoms with Crippen LogP contribution in [0.5, 0.6) is 0 Å². The highest BCUT2D eigenvalue weighted by Gasteiger charge is 2.23. The van der Waals surface area contributed by atoms with E-state index in [0.717, 1.165) is 22.4 Å². The lowest BCUT2D eigenvalue weighted by molar-refractivity contribution is 0.346. The van der Waals surface area contributed by atoms with E-state index in [2.05, 4.69) is 5.10 Å². The Morgan fingerprint density at radius 2 is 1.32 bits per heavy atom. The first kappa shape index (κ1) is 14.4. The molecule has 0 unspecified atom stereocenters. The van der Waals surface area contributed by atoms with Crippen molar-refractivity contribution in [2.45, 2.75) is 26.3 Å². The fourth-order valence-corrected chi connectivity index (χ4v) is 2.60. The number of hydrogen-bond donors (Lipinski definition) is 1. The molecule has 0 aliphatic carbocycles. The maximum Gasteiger partial charge on any atom is 0.275 e. The third-order valence-electron chi connectivity index (χ3n) is 3.69. The van der Waals surface area contributed by atoms with Crippen LogP contribution in [-0.2, 0) is 5.54 Å². The largest absolute Gasteiger partial charge is 0.294 e. The minimum Gasteiger partial charge on any atom is -0.294 e. The molecule has 0 amide bonds. The average Bonchev–Trinajstić information content (AvgIpc) is 2.86. The lowest BCUT2D eigenvalue weighted by Crippen LogP contribution is -2.32. The summed E-state index contributed by atoms with van der Waals surface area (Å²) in [6.45, 7) is 6.07. The van der Waals surface area contributed by atoms with Gasteiger partial charge in [0.15, 0.2) is 0 Å². The van der Waals surface area contributed by atoms with Crippen LogP contribution in [0.15, 0.2) is 65.5 Å². The zero-order valence-corrected chi connectivity index (χ0v) is 13.1. The van der Waals surface area contributed by atoms with Gasteiger partial charge in [-0.2, -0.15) is 0 Å². The van der Waals surface area contributed by atoms with Crippen molar-refractivity contribution in [1.82, 2.24) is 9.78 Å². The van der Waals surface area contributed by atoms with Gasteiger partial charge < -0.3 is 0 Å². The Balaban J connectivity index is 2.32. The van der Waals surface area contributed by atoms with Gasteiger partial charge in [-0.3, -0.25) is 9.89 Å². The molecule has 3 heteroatoms. The Hall–Kier alpha value is -2.55. The smallest absolute Gasteiger partial charge is 0.275 e. The van der Waals surface area contributed by atoms with E-state index in [1.54, 1.807) is 4.68 Å². The van der Waals surface area contributed by atoms with Crippen LogP contribution in [0.1, 0.15) is 20.8 Å². The lowest BCUT2D eigenvalue weighted by Gasteiger charge is -2.19. The first-order valence-corrected chi connectivity index (χ1v) is 7.45. The van der Waals surface area contributed by atoms with Gasteiger partial charge in [0.2, 0.25) is 0 Å². The molecule has 1 N–H and O–H groups in total. The van der Waals surface area contributed by atoms with Crippen LogP contribution in [0, 0.1) is 0 Å². The highest BCUT2D eigenvalue weighted by molar-refractivity contribution is 5.80. The molecule has 0 atom stereocenters. The molecule has 0 saturated heterocycles. The van der Waals surface area contributed by atoms with Crippen LogP contribution < -0.4 is 5.56 Å². The topological polar surface area (TPSA) is 37.8 Å². The number of aromatic amines is 1. The monoisotopic (exact) mass is 292 g/mol. The van der Waals surface area contributed by atoms with Gasteiger partial charge in [0.1, 0.15) is 0 Å². The Kier molecular flexibility index (Phi) is 3.49. The predicted molar refractivity (Wildman–Crippen MR) is 90.9 cm³/mol. The maximum absolute atomic E-state index is 12.9. The predicted octanol–water partition coefficient (Wildman–Crippen LogP) is 4.27. The summed E-state index contributed by atoms with van der Waals surface area (Å²) in [5, 5.41) is 3.31. The number of nitrogens with one attached hydrogen (secondary N) is 1. The van der Waals surface area contributed by atoms with Gasteiger partial charge in [0.05, 0.1) is 16.8 Å². The third kappa shape index (κ3) is 2.50. The van der Waals surface area contributed by atoms with E-state index in [1.165, 1.54) is 0 Å². The number of nitrogens with zero attached hydrogens (tertiary/aromatic N) is 1. The van der Waals surface area contributed by atoms with E-state index in [4.69, 9.17) is 0 Å². The SMILES string of the molecule is CC(C)(C)n1[nH]c(-c2ccccc2)c(-c2ccccc2)c1=O. The van der Waals surface area contributed by atoms with Crippen molar-refractivity contribution in [3.05, 3.63) is 71.0 Å². The quantitative estimate of drug-likeness (QED) is 0.752. The maximum atomic E-state index is 12.9. The molecule has 1 heterocycles. The number of rotatable bonds is 2. The molecule has 22 heavy (non-hydrogen) atoms. The van der Waals surface area contributed by atoms with Gasteiger partial charge in [-0.1, -0.05) is 60.7 Å². The first-order chi connectivity index (χ1) is 10.5. The van der Waals surface area contributed by atoms with Crippen LogP contribution in [0.3, 0.4) is 0 Å². The van der Waals surface area contributed by atoms with Gasteiger partial charge >= 0.3 is 0 Å². The van der Waals surface area contributed by atoms with Crippen LogP contribution >= 0.6 is 0 Å². The van der Waals surface area contributed by atoms with Crippen LogP contribution in [0.25, 0.3) is 22.4 Å². The minimum atomic E-state index is -0.298. The van der Waals surface area contributed by atoms with E-state index in [1.807, 2.05) is 81.4 Å². The van der Waals surface area contributed by atoms with Crippen molar-refractivity contribution in [3.63, 3.8) is 0 Å². The molecule has 0 saturated carbocycles. The molecular formula is C19H20N2O.